The Labute approximate surface area is 153 Å². The molecule has 0 radical (unpaired) electrons. The SMILES string of the molecule is COc1ccc(N2CC[C@H](NS(=O)(=O)c3cc(C)cc(C)c3)C2=O)cc1. The van der Waals surface area contributed by atoms with E-state index in [1.54, 1.807) is 48.4 Å². The Morgan fingerprint density at radius 1 is 1.08 bits per heavy atom. The van der Waals surface area contributed by atoms with E-state index in [4.69, 9.17) is 4.74 Å². The van der Waals surface area contributed by atoms with Gasteiger partial charge >= 0.3 is 0 Å². The average Bonchev–Trinajstić information content (AvgIpc) is 2.94. The van der Waals surface area contributed by atoms with Crippen LogP contribution in [0.25, 0.3) is 0 Å². The molecule has 1 aliphatic heterocycles. The Morgan fingerprint density at radius 3 is 2.27 bits per heavy atom. The maximum Gasteiger partial charge on any atom is 0.245 e. The van der Waals surface area contributed by atoms with Crippen LogP contribution in [0.5, 0.6) is 5.75 Å². The van der Waals surface area contributed by atoms with Crippen molar-refractivity contribution in [3.8, 4) is 5.75 Å². The summed E-state index contributed by atoms with van der Waals surface area (Å²) >= 11 is 0. The summed E-state index contributed by atoms with van der Waals surface area (Å²) in [6.07, 6.45) is 0.425. The first kappa shape index (κ1) is 18.4. The van der Waals surface area contributed by atoms with E-state index in [0.29, 0.717) is 18.7 Å². The number of amides is 1. The number of anilines is 1. The first-order valence-electron chi connectivity index (χ1n) is 8.36. The third kappa shape index (κ3) is 3.73. The van der Waals surface area contributed by atoms with Gasteiger partial charge in [-0.3, -0.25) is 4.79 Å². The van der Waals surface area contributed by atoms with Crippen LogP contribution in [0.3, 0.4) is 0 Å². The van der Waals surface area contributed by atoms with E-state index in [1.807, 2.05) is 19.9 Å². The van der Waals surface area contributed by atoms with Gasteiger partial charge in [0.15, 0.2) is 0 Å². The van der Waals surface area contributed by atoms with Crippen LogP contribution in [0.4, 0.5) is 5.69 Å². The zero-order valence-electron chi connectivity index (χ0n) is 15.0. The second kappa shape index (κ2) is 7.09. The minimum absolute atomic E-state index is 0.186. The molecule has 138 valence electrons. The molecule has 0 saturated carbocycles. The second-order valence-electron chi connectivity index (χ2n) is 6.47. The Kier molecular flexibility index (Phi) is 5.02. The van der Waals surface area contributed by atoms with Gasteiger partial charge in [0.25, 0.3) is 0 Å². The molecule has 1 aliphatic rings. The fourth-order valence-electron chi connectivity index (χ4n) is 3.15. The van der Waals surface area contributed by atoms with E-state index < -0.39 is 16.1 Å². The van der Waals surface area contributed by atoms with Gasteiger partial charge in [0.1, 0.15) is 11.8 Å². The molecule has 2 aromatic rings. The molecule has 0 unspecified atom stereocenters. The molecule has 0 aliphatic carbocycles. The number of nitrogens with zero attached hydrogens (tertiary/aromatic N) is 1. The molecule has 0 spiro atoms. The molecule has 1 fully saturated rings. The zero-order valence-corrected chi connectivity index (χ0v) is 15.8. The number of ether oxygens (including phenoxy) is 1. The monoisotopic (exact) mass is 374 g/mol. The Hall–Kier alpha value is -2.38. The fraction of sp³-hybridized carbons (Fsp3) is 0.316. The average molecular weight is 374 g/mol. The normalized spacial score (nSPS) is 17.6. The number of sulfonamides is 1. The minimum Gasteiger partial charge on any atom is -0.497 e. The van der Waals surface area contributed by atoms with Crippen LogP contribution < -0.4 is 14.4 Å². The molecule has 0 bridgehead atoms. The molecule has 1 heterocycles. The largest absolute Gasteiger partial charge is 0.497 e. The van der Waals surface area contributed by atoms with Crippen molar-refractivity contribution in [2.75, 3.05) is 18.6 Å². The number of carbonyl (C=O) groups is 1. The van der Waals surface area contributed by atoms with Crippen molar-refractivity contribution in [3.63, 3.8) is 0 Å². The number of hydrogen-bond donors (Lipinski definition) is 1. The van der Waals surface area contributed by atoms with Crippen molar-refractivity contribution in [3.05, 3.63) is 53.6 Å². The molecule has 1 atom stereocenters. The standard InChI is InChI=1S/C19H22N2O4S/c1-13-10-14(2)12-17(11-13)26(23,24)20-18-8-9-21(19(18)22)15-4-6-16(25-3)7-5-15/h4-7,10-12,18,20H,8-9H2,1-3H3/t18-/m0/s1. The number of nitrogens with one attached hydrogen (secondary N) is 1. The highest BCUT2D eigenvalue weighted by Gasteiger charge is 2.35. The van der Waals surface area contributed by atoms with Gasteiger partial charge in [0, 0.05) is 12.2 Å². The summed E-state index contributed by atoms with van der Waals surface area (Å²) in [7, 11) is -2.18. The lowest BCUT2D eigenvalue weighted by molar-refractivity contribution is -0.118. The van der Waals surface area contributed by atoms with Crippen molar-refractivity contribution in [1.29, 1.82) is 0 Å². The van der Waals surface area contributed by atoms with Gasteiger partial charge in [-0.1, -0.05) is 6.07 Å². The number of carbonyl (C=O) groups excluding carboxylic acids is 1. The molecule has 1 amide bonds. The van der Waals surface area contributed by atoms with Gasteiger partial charge in [-0.15, -0.1) is 0 Å². The number of hydrogen-bond acceptors (Lipinski definition) is 4. The molecule has 0 aromatic heterocycles. The lowest BCUT2D eigenvalue weighted by Crippen LogP contribution is -2.41. The lowest BCUT2D eigenvalue weighted by atomic mass is 10.2. The summed E-state index contributed by atoms with van der Waals surface area (Å²) in [5.74, 6) is 0.454. The Morgan fingerprint density at radius 2 is 1.69 bits per heavy atom. The molecule has 1 saturated heterocycles. The van der Waals surface area contributed by atoms with Gasteiger partial charge in [-0.05, 0) is 67.8 Å². The third-order valence-electron chi connectivity index (χ3n) is 4.39. The first-order valence-corrected chi connectivity index (χ1v) is 9.84. The van der Waals surface area contributed by atoms with E-state index in [2.05, 4.69) is 4.72 Å². The number of methoxy groups -OCH3 is 1. The molecule has 6 nitrogen and oxygen atoms in total. The highest BCUT2D eigenvalue weighted by Crippen LogP contribution is 2.25. The van der Waals surface area contributed by atoms with Gasteiger partial charge in [-0.25, -0.2) is 8.42 Å². The number of benzene rings is 2. The highest BCUT2D eigenvalue weighted by molar-refractivity contribution is 7.89. The summed E-state index contributed by atoms with van der Waals surface area (Å²) < 4.78 is 33.0. The van der Waals surface area contributed by atoms with Crippen LogP contribution in [0, 0.1) is 13.8 Å². The van der Waals surface area contributed by atoms with E-state index in [0.717, 1.165) is 16.8 Å². The Balaban J connectivity index is 1.77. The van der Waals surface area contributed by atoms with Crippen LogP contribution in [-0.4, -0.2) is 34.0 Å². The van der Waals surface area contributed by atoms with E-state index in [1.165, 1.54) is 0 Å². The number of rotatable bonds is 5. The van der Waals surface area contributed by atoms with Crippen LogP contribution in [0.2, 0.25) is 0 Å². The molecule has 26 heavy (non-hydrogen) atoms. The summed E-state index contributed by atoms with van der Waals surface area (Å²) in [5.41, 5.74) is 2.45. The molecular weight excluding hydrogens is 352 g/mol. The molecule has 3 rings (SSSR count). The maximum absolute atomic E-state index is 12.7. The quantitative estimate of drug-likeness (QED) is 0.872. The smallest absolute Gasteiger partial charge is 0.245 e. The van der Waals surface area contributed by atoms with E-state index >= 15 is 0 Å². The molecular formula is C19H22N2O4S. The van der Waals surface area contributed by atoms with E-state index in [9.17, 15) is 13.2 Å². The third-order valence-corrected chi connectivity index (χ3v) is 5.84. The molecule has 2 aromatic carbocycles. The van der Waals surface area contributed by atoms with Gasteiger partial charge < -0.3 is 9.64 Å². The lowest BCUT2D eigenvalue weighted by Gasteiger charge is -2.18. The predicted octanol–water partition coefficient (Wildman–Crippen LogP) is 2.40. The van der Waals surface area contributed by atoms with Gasteiger partial charge in [-0.2, -0.15) is 4.72 Å². The molecule has 7 heteroatoms. The highest BCUT2D eigenvalue weighted by atomic mass is 32.2. The van der Waals surface area contributed by atoms with Crippen molar-refractivity contribution < 1.29 is 17.9 Å². The topological polar surface area (TPSA) is 75.7 Å². The summed E-state index contributed by atoms with van der Waals surface area (Å²) in [4.78, 5) is 14.4. The van der Waals surface area contributed by atoms with Gasteiger partial charge in [0.05, 0.1) is 12.0 Å². The summed E-state index contributed by atoms with van der Waals surface area (Å²) in [6.45, 7) is 4.15. The van der Waals surface area contributed by atoms with Crippen molar-refractivity contribution in [1.82, 2.24) is 4.72 Å². The first-order chi connectivity index (χ1) is 12.3. The van der Waals surface area contributed by atoms with Crippen LogP contribution in [0.1, 0.15) is 17.5 Å². The number of aryl methyl sites for hydroxylation is 2. The van der Waals surface area contributed by atoms with Crippen LogP contribution in [0.15, 0.2) is 47.4 Å². The van der Waals surface area contributed by atoms with E-state index in [-0.39, 0.29) is 10.8 Å². The minimum atomic E-state index is -3.76. The second-order valence-corrected chi connectivity index (χ2v) is 8.19. The zero-order chi connectivity index (χ0) is 18.9. The van der Waals surface area contributed by atoms with Crippen molar-refractivity contribution >= 4 is 21.6 Å². The maximum atomic E-state index is 12.7. The van der Waals surface area contributed by atoms with Gasteiger partial charge in [0.2, 0.25) is 15.9 Å². The summed E-state index contributed by atoms with van der Waals surface area (Å²) in [6, 6.07) is 11.5. The van der Waals surface area contributed by atoms with Crippen molar-refractivity contribution in [2.24, 2.45) is 0 Å². The fourth-order valence-corrected chi connectivity index (χ4v) is 4.56. The predicted molar refractivity (Wildman–Crippen MR) is 100.0 cm³/mol. The van der Waals surface area contributed by atoms with Crippen molar-refractivity contribution in [2.45, 2.75) is 31.2 Å². The Bertz CT molecular complexity index is 903. The van der Waals surface area contributed by atoms with Crippen LogP contribution >= 0.6 is 0 Å². The summed E-state index contributed by atoms with van der Waals surface area (Å²) in [5, 5.41) is 0. The molecule has 1 N–H and O–H groups in total. The van der Waals surface area contributed by atoms with Crippen LogP contribution in [-0.2, 0) is 14.8 Å².